The summed E-state index contributed by atoms with van der Waals surface area (Å²) in [6.45, 7) is 6.26. The summed E-state index contributed by atoms with van der Waals surface area (Å²) in [6, 6.07) is 4.04. The highest BCUT2D eigenvalue weighted by atomic mass is 16.1. The molecule has 0 unspecified atom stereocenters. The van der Waals surface area contributed by atoms with Gasteiger partial charge in [-0.15, -0.1) is 0 Å². The number of pyridine rings is 1. The van der Waals surface area contributed by atoms with E-state index in [1.54, 1.807) is 0 Å². The van der Waals surface area contributed by atoms with Gasteiger partial charge in [0.25, 0.3) is 0 Å². The van der Waals surface area contributed by atoms with Crippen molar-refractivity contribution in [1.29, 1.82) is 0 Å². The molecule has 1 heterocycles. The first-order valence-electron chi connectivity index (χ1n) is 7.14. The van der Waals surface area contributed by atoms with Crippen molar-refractivity contribution in [3.05, 3.63) is 29.6 Å². The molecule has 0 saturated carbocycles. The number of nitrogens with zero attached hydrogens (tertiary/aromatic N) is 2. The van der Waals surface area contributed by atoms with E-state index in [4.69, 9.17) is 0 Å². The maximum atomic E-state index is 12.6. The van der Waals surface area contributed by atoms with Crippen molar-refractivity contribution in [2.75, 3.05) is 14.1 Å². The molecule has 1 aromatic heterocycles. The Morgan fingerprint density at radius 3 is 2.21 bits per heavy atom. The van der Waals surface area contributed by atoms with Gasteiger partial charge in [0.1, 0.15) is 0 Å². The Bertz CT molecular complexity index is 405. The van der Waals surface area contributed by atoms with Crippen molar-refractivity contribution >= 4 is 5.78 Å². The first kappa shape index (κ1) is 15.8. The number of rotatable bonds is 7. The first-order valence-corrected chi connectivity index (χ1v) is 7.14. The smallest absolute Gasteiger partial charge is 0.158 e. The maximum Gasteiger partial charge on any atom is 0.158 e. The molecule has 106 valence electrons. The van der Waals surface area contributed by atoms with Gasteiger partial charge < -0.3 is 0 Å². The van der Waals surface area contributed by atoms with Crippen molar-refractivity contribution < 1.29 is 4.79 Å². The van der Waals surface area contributed by atoms with Gasteiger partial charge in [-0.05, 0) is 45.0 Å². The lowest BCUT2D eigenvalue weighted by atomic mass is 9.84. The number of carbonyl (C=O) groups is 1. The number of aryl methyl sites for hydroxylation is 1. The van der Waals surface area contributed by atoms with Crippen LogP contribution in [-0.2, 0) is 17.6 Å². The van der Waals surface area contributed by atoms with Gasteiger partial charge in [0.15, 0.2) is 5.78 Å². The Kier molecular flexibility index (Phi) is 5.67. The third-order valence-electron chi connectivity index (χ3n) is 4.18. The molecule has 0 aliphatic heterocycles. The van der Waals surface area contributed by atoms with Crippen LogP contribution in [0.4, 0.5) is 0 Å². The molecule has 0 radical (unpaired) electrons. The van der Waals surface area contributed by atoms with Crippen molar-refractivity contribution in [2.45, 2.75) is 52.0 Å². The van der Waals surface area contributed by atoms with E-state index in [1.807, 2.05) is 26.4 Å². The van der Waals surface area contributed by atoms with Crippen molar-refractivity contribution in [3.63, 3.8) is 0 Å². The van der Waals surface area contributed by atoms with E-state index in [-0.39, 0.29) is 11.3 Å². The molecular weight excluding hydrogens is 236 g/mol. The standard InChI is InChI=1S/C16H26N2O/c1-6-13-9-10-14(17-12-13)11-15(19)16(7-2,8-3)18(4)5/h9-10,12H,6-8,11H2,1-5H3. The third-order valence-corrected chi connectivity index (χ3v) is 4.18. The largest absolute Gasteiger partial charge is 0.297 e. The van der Waals surface area contributed by atoms with Crippen molar-refractivity contribution in [1.82, 2.24) is 9.88 Å². The summed E-state index contributed by atoms with van der Waals surface area (Å²) >= 11 is 0. The van der Waals surface area contributed by atoms with E-state index in [0.717, 1.165) is 25.0 Å². The van der Waals surface area contributed by atoms with E-state index < -0.39 is 0 Å². The number of aromatic nitrogens is 1. The van der Waals surface area contributed by atoms with Crippen LogP contribution in [0, 0.1) is 0 Å². The highest BCUT2D eigenvalue weighted by Crippen LogP contribution is 2.24. The Balaban J connectivity index is 2.87. The van der Waals surface area contributed by atoms with Gasteiger partial charge in [0.05, 0.1) is 12.0 Å². The predicted octanol–water partition coefficient (Wildman–Crippen LogP) is 2.88. The molecule has 1 rings (SSSR count). The SMILES string of the molecule is CCc1ccc(CC(=O)C(CC)(CC)N(C)C)nc1. The van der Waals surface area contributed by atoms with Crippen LogP contribution < -0.4 is 0 Å². The van der Waals surface area contributed by atoms with E-state index in [2.05, 4.69) is 36.7 Å². The number of hydrogen-bond acceptors (Lipinski definition) is 3. The quantitative estimate of drug-likeness (QED) is 0.757. The topological polar surface area (TPSA) is 33.2 Å². The molecule has 0 aromatic carbocycles. The number of hydrogen-bond donors (Lipinski definition) is 0. The lowest BCUT2D eigenvalue weighted by Crippen LogP contribution is -2.51. The zero-order valence-corrected chi connectivity index (χ0v) is 12.9. The second-order valence-corrected chi connectivity index (χ2v) is 5.24. The summed E-state index contributed by atoms with van der Waals surface area (Å²) in [5.41, 5.74) is 1.72. The molecular formula is C16H26N2O. The molecule has 0 N–H and O–H groups in total. The molecule has 0 fully saturated rings. The minimum Gasteiger partial charge on any atom is -0.297 e. The molecule has 0 amide bonds. The summed E-state index contributed by atoms with van der Waals surface area (Å²) in [7, 11) is 3.97. The zero-order valence-electron chi connectivity index (χ0n) is 12.9. The van der Waals surface area contributed by atoms with Gasteiger partial charge in [-0.25, -0.2) is 0 Å². The molecule has 0 atom stereocenters. The monoisotopic (exact) mass is 262 g/mol. The maximum absolute atomic E-state index is 12.6. The van der Waals surface area contributed by atoms with Gasteiger partial charge in [-0.2, -0.15) is 0 Å². The number of Topliss-reactive ketones (excluding diaryl/α,β-unsaturated/α-hetero) is 1. The van der Waals surface area contributed by atoms with Crippen LogP contribution in [-0.4, -0.2) is 35.3 Å². The number of carbonyl (C=O) groups excluding carboxylic acids is 1. The fourth-order valence-electron chi connectivity index (χ4n) is 2.62. The average molecular weight is 262 g/mol. The highest BCUT2D eigenvalue weighted by molar-refractivity contribution is 5.89. The first-order chi connectivity index (χ1) is 9.00. The normalized spacial score (nSPS) is 11.9. The molecule has 19 heavy (non-hydrogen) atoms. The second-order valence-electron chi connectivity index (χ2n) is 5.24. The van der Waals surface area contributed by atoms with Crippen molar-refractivity contribution in [3.8, 4) is 0 Å². The summed E-state index contributed by atoms with van der Waals surface area (Å²) in [5, 5.41) is 0. The lowest BCUT2D eigenvalue weighted by Gasteiger charge is -2.37. The second kappa shape index (κ2) is 6.80. The molecule has 3 nitrogen and oxygen atoms in total. The van der Waals surface area contributed by atoms with Gasteiger partial charge in [0.2, 0.25) is 0 Å². The Morgan fingerprint density at radius 1 is 1.21 bits per heavy atom. The molecule has 1 aromatic rings. The van der Waals surface area contributed by atoms with Crippen LogP contribution >= 0.6 is 0 Å². The number of ketones is 1. The summed E-state index contributed by atoms with van der Waals surface area (Å²) in [4.78, 5) is 19.1. The van der Waals surface area contributed by atoms with Crippen LogP contribution in [0.3, 0.4) is 0 Å². The minimum atomic E-state index is -0.356. The molecule has 0 saturated heterocycles. The third kappa shape index (κ3) is 3.41. The minimum absolute atomic E-state index is 0.263. The van der Waals surface area contributed by atoms with E-state index in [1.165, 1.54) is 5.56 Å². The molecule has 0 spiro atoms. The molecule has 0 aliphatic carbocycles. The predicted molar refractivity (Wildman–Crippen MR) is 79.3 cm³/mol. The van der Waals surface area contributed by atoms with E-state index >= 15 is 0 Å². The molecule has 0 aliphatic rings. The Morgan fingerprint density at radius 2 is 1.84 bits per heavy atom. The highest BCUT2D eigenvalue weighted by Gasteiger charge is 2.36. The van der Waals surface area contributed by atoms with Gasteiger partial charge in [0, 0.05) is 11.9 Å². The zero-order chi connectivity index (χ0) is 14.5. The van der Waals surface area contributed by atoms with Crippen LogP contribution in [0.1, 0.15) is 44.9 Å². The van der Waals surface area contributed by atoms with Crippen molar-refractivity contribution in [2.24, 2.45) is 0 Å². The fraction of sp³-hybridized carbons (Fsp3) is 0.625. The number of likely N-dealkylation sites (N-methyl/N-ethyl adjacent to an activating group) is 1. The van der Waals surface area contributed by atoms with E-state index in [9.17, 15) is 4.79 Å². The van der Waals surface area contributed by atoms with Gasteiger partial charge in [-0.3, -0.25) is 14.7 Å². The molecule has 3 heteroatoms. The molecule has 0 bridgehead atoms. The van der Waals surface area contributed by atoms with Crippen LogP contribution in [0.25, 0.3) is 0 Å². The van der Waals surface area contributed by atoms with Gasteiger partial charge in [-0.1, -0.05) is 26.8 Å². The Labute approximate surface area is 117 Å². The summed E-state index contributed by atoms with van der Waals surface area (Å²) in [5.74, 6) is 0.263. The van der Waals surface area contributed by atoms with E-state index in [0.29, 0.717) is 6.42 Å². The average Bonchev–Trinajstić information content (AvgIpc) is 2.41. The lowest BCUT2D eigenvalue weighted by molar-refractivity contribution is -0.129. The summed E-state index contributed by atoms with van der Waals surface area (Å²) in [6.07, 6.45) is 4.94. The van der Waals surface area contributed by atoms with Crippen LogP contribution in [0.2, 0.25) is 0 Å². The van der Waals surface area contributed by atoms with Crippen LogP contribution in [0.5, 0.6) is 0 Å². The fourth-order valence-corrected chi connectivity index (χ4v) is 2.62. The Hall–Kier alpha value is -1.22. The van der Waals surface area contributed by atoms with Crippen LogP contribution in [0.15, 0.2) is 18.3 Å². The van der Waals surface area contributed by atoms with Gasteiger partial charge >= 0.3 is 0 Å². The summed E-state index contributed by atoms with van der Waals surface area (Å²) < 4.78 is 0.